The molecule has 0 radical (unpaired) electrons. The number of nitrogens with one attached hydrogen (secondary N) is 1. The van der Waals surface area contributed by atoms with E-state index in [0.717, 1.165) is 11.3 Å². The lowest BCUT2D eigenvalue weighted by Crippen LogP contribution is -2.23. The van der Waals surface area contributed by atoms with E-state index in [2.05, 4.69) is 15.4 Å². The average Bonchev–Trinajstić information content (AvgIpc) is 3.26. The molecule has 0 bridgehead atoms. The first-order valence-corrected chi connectivity index (χ1v) is 8.18. The van der Waals surface area contributed by atoms with Gasteiger partial charge in [0.05, 0.1) is 27.0 Å². The van der Waals surface area contributed by atoms with Crippen molar-refractivity contribution in [3.05, 3.63) is 60.2 Å². The van der Waals surface area contributed by atoms with Crippen LogP contribution in [0.15, 0.2) is 49.1 Å². The van der Waals surface area contributed by atoms with E-state index in [1.165, 1.54) is 6.33 Å². The van der Waals surface area contributed by atoms with E-state index in [-0.39, 0.29) is 12.5 Å². The van der Waals surface area contributed by atoms with Gasteiger partial charge < -0.3 is 19.5 Å². The Bertz CT molecular complexity index is 908. The number of aromatic nitrogens is 3. The fourth-order valence-electron chi connectivity index (χ4n) is 2.62. The zero-order chi connectivity index (χ0) is 19.2. The van der Waals surface area contributed by atoms with Crippen molar-refractivity contribution in [2.45, 2.75) is 6.54 Å². The molecule has 0 aliphatic rings. The smallest absolute Gasteiger partial charge is 0.251 e. The van der Waals surface area contributed by atoms with Crippen molar-refractivity contribution in [3.8, 4) is 22.9 Å². The van der Waals surface area contributed by atoms with Gasteiger partial charge in [0.25, 0.3) is 5.91 Å². The number of hydrogen-bond donors (Lipinski definition) is 1. The molecule has 1 aromatic heterocycles. The Hall–Kier alpha value is -3.55. The third kappa shape index (κ3) is 4.00. The number of rotatable bonds is 7. The molecule has 8 heteroatoms. The summed E-state index contributed by atoms with van der Waals surface area (Å²) in [6.45, 7) is 0.285. The first-order valence-electron chi connectivity index (χ1n) is 8.18. The van der Waals surface area contributed by atoms with E-state index in [1.54, 1.807) is 68.7 Å². The molecule has 3 aromatic rings. The lowest BCUT2D eigenvalue weighted by atomic mass is 10.1. The van der Waals surface area contributed by atoms with Crippen LogP contribution >= 0.6 is 0 Å². The first-order chi connectivity index (χ1) is 13.2. The zero-order valence-electron chi connectivity index (χ0n) is 15.3. The van der Waals surface area contributed by atoms with Gasteiger partial charge in [0.2, 0.25) is 0 Å². The summed E-state index contributed by atoms with van der Waals surface area (Å²) in [5.41, 5.74) is 2.15. The highest BCUT2D eigenvalue weighted by molar-refractivity contribution is 5.94. The zero-order valence-corrected chi connectivity index (χ0v) is 15.3. The minimum atomic E-state index is -0.197. The minimum Gasteiger partial charge on any atom is -0.496 e. The van der Waals surface area contributed by atoms with Crippen LogP contribution in [0.25, 0.3) is 5.69 Å². The van der Waals surface area contributed by atoms with Crippen LogP contribution in [0.1, 0.15) is 15.9 Å². The average molecular weight is 368 g/mol. The molecule has 0 aliphatic heterocycles. The van der Waals surface area contributed by atoms with Gasteiger partial charge in [-0.05, 0) is 30.3 Å². The van der Waals surface area contributed by atoms with Crippen molar-refractivity contribution in [2.24, 2.45) is 0 Å². The molecular formula is C19H20N4O4. The molecule has 0 atom stereocenters. The first kappa shape index (κ1) is 18.2. The van der Waals surface area contributed by atoms with Gasteiger partial charge >= 0.3 is 0 Å². The fraction of sp³-hybridized carbons (Fsp3) is 0.211. The van der Waals surface area contributed by atoms with Gasteiger partial charge in [-0.3, -0.25) is 4.79 Å². The number of benzene rings is 2. The van der Waals surface area contributed by atoms with E-state index in [1.807, 2.05) is 0 Å². The molecule has 0 saturated carbocycles. The summed E-state index contributed by atoms with van der Waals surface area (Å²) >= 11 is 0. The molecular weight excluding hydrogens is 348 g/mol. The van der Waals surface area contributed by atoms with E-state index >= 15 is 0 Å². The number of nitrogens with zero attached hydrogens (tertiary/aromatic N) is 3. The molecule has 3 rings (SSSR count). The van der Waals surface area contributed by atoms with Crippen molar-refractivity contribution in [3.63, 3.8) is 0 Å². The normalized spacial score (nSPS) is 10.3. The van der Waals surface area contributed by atoms with Crippen LogP contribution in [0.4, 0.5) is 0 Å². The fourth-order valence-corrected chi connectivity index (χ4v) is 2.62. The second-order valence-corrected chi connectivity index (χ2v) is 5.59. The summed E-state index contributed by atoms with van der Waals surface area (Å²) in [5, 5.41) is 6.94. The van der Waals surface area contributed by atoms with Gasteiger partial charge in [-0.1, -0.05) is 0 Å². The summed E-state index contributed by atoms with van der Waals surface area (Å²) < 4.78 is 17.6. The molecule has 1 heterocycles. The maximum atomic E-state index is 12.5. The van der Waals surface area contributed by atoms with Gasteiger partial charge in [0.1, 0.15) is 18.4 Å². The summed E-state index contributed by atoms with van der Waals surface area (Å²) in [4.78, 5) is 16.4. The summed E-state index contributed by atoms with van der Waals surface area (Å²) in [6, 6.07) is 10.6. The van der Waals surface area contributed by atoms with Crippen molar-refractivity contribution < 1.29 is 19.0 Å². The monoisotopic (exact) mass is 368 g/mol. The van der Waals surface area contributed by atoms with Crippen LogP contribution in [0.3, 0.4) is 0 Å². The van der Waals surface area contributed by atoms with Gasteiger partial charge in [0, 0.05) is 23.7 Å². The number of ether oxygens (including phenoxy) is 3. The molecule has 0 saturated heterocycles. The van der Waals surface area contributed by atoms with Crippen LogP contribution in [0.2, 0.25) is 0 Å². The Morgan fingerprint density at radius 2 is 1.67 bits per heavy atom. The highest BCUT2D eigenvalue weighted by Gasteiger charge is 2.13. The number of carbonyl (C=O) groups is 1. The van der Waals surface area contributed by atoms with Crippen LogP contribution in [-0.2, 0) is 6.54 Å². The van der Waals surface area contributed by atoms with Crippen LogP contribution < -0.4 is 19.5 Å². The Balaban J connectivity index is 1.72. The number of carbonyl (C=O) groups excluding carboxylic acids is 1. The third-order valence-corrected chi connectivity index (χ3v) is 4.04. The van der Waals surface area contributed by atoms with Crippen molar-refractivity contribution in [2.75, 3.05) is 21.3 Å². The summed E-state index contributed by atoms with van der Waals surface area (Å²) in [7, 11) is 4.68. The maximum absolute atomic E-state index is 12.5. The van der Waals surface area contributed by atoms with E-state index in [4.69, 9.17) is 14.2 Å². The van der Waals surface area contributed by atoms with E-state index in [9.17, 15) is 4.79 Å². The molecule has 27 heavy (non-hydrogen) atoms. The van der Waals surface area contributed by atoms with Gasteiger partial charge in [-0.2, -0.15) is 5.10 Å². The van der Waals surface area contributed by atoms with Gasteiger partial charge in [0.15, 0.2) is 11.5 Å². The molecule has 0 spiro atoms. The molecule has 0 aliphatic carbocycles. The molecule has 8 nitrogen and oxygen atoms in total. The molecule has 1 amide bonds. The highest BCUT2D eigenvalue weighted by atomic mass is 16.5. The molecule has 1 N–H and O–H groups in total. The highest BCUT2D eigenvalue weighted by Crippen LogP contribution is 2.34. The lowest BCUT2D eigenvalue weighted by molar-refractivity contribution is 0.0950. The predicted molar refractivity (Wildman–Crippen MR) is 98.6 cm³/mol. The lowest BCUT2D eigenvalue weighted by Gasteiger charge is -2.14. The number of hydrogen-bond acceptors (Lipinski definition) is 6. The second-order valence-electron chi connectivity index (χ2n) is 5.59. The van der Waals surface area contributed by atoms with Crippen LogP contribution in [0, 0.1) is 0 Å². The van der Waals surface area contributed by atoms with E-state index in [0.29, 0.717) is 22.8 Å². The van der Waals surface area contributed by atoms with Gasteiger partial charge in [-0.25, -0.2) is 9.67 Å². The standard InChI is InChI=1S/C19H20N4O4/c1-25-16-9-18(27-3)17(26-2)8-14(16)10-21-19(24)13-4-6-15(7-5-13)23-12-20-11-22-23/h4-9,11-12H,10H2,1-3H3,(H,21,24). The summed E-state index contributed by atoms with van der Waals surface area (Å²) in [5.74, 6) is 1.54. The number of amides is 1. The Morgan fingerprint density at radius 3 is 2.26 bits per heavy atom. The molecule has 140 valence electrons. The Kier molecular flexibility index (Phi) is 5.55. The van der Waals surface area contributed by atoms with E-state index < -0.39 is 0 Å². The largest absolute Gasteiger partial charge is 0.496 e. The molecule has 0 fully saturated rings. The summed E-state index contributed by atoms with van der Waals surface area (Å²) in [6.07, 6.45) is 3.05. The third-order valence-electron chi connectivity index (χ3n) is 4.04. The minimum absolute atomic E-state index is 0.197. The van der Waals surface area contributed by atoms with Crippen molar-refractivity contribution >= 4 is 5.91 Å². The van der Waals surface area contributed by atoms with Crippen molar-refractivity contribution in [1.82, 2.24) is 20.1 Å². The SMILES string of the molecule is COc1cc(OC)c(OC)cc1CNC(=O)c1ccc(-n2cncn2)cc1. The quantitative estimate of drug-likeness (QED) is 0.688. The predicted octanol–water partition coefficient (Wildman–Crippen LogP) is 2.22. The van der Waals surface area contributed by atoms with Gasteiger partial charge in [-0.15, -0.1) is 0 Å². The van der Waals surface area contributed by atoms with Crippen LogP contribution in [0.5, 0.6) is 17.2 Å². The van der Waals surface area contributed by atoms with Crippen LogP contribution in [-0.4, -0.2) is 42.0 Å². The number of methoxy groups -OCH3 is 3. The second kappa shape index (κ2) is 8.22. The maximum Gasteiger partial charge on any atom is 0.251 e. The van der Waals surface area contributed by atoms with Crippen molar-refractivity contribution in [1.29, 1.82) is 0 Å². The Labute approximate surface area is 156 Å². The topological polar surface area (TPSA) is 87.5 Å². The Morgan fingerprint density at radius 1 is 1.00 bits per heavy atom. The molecule has 0 unspecified atom stereocenters. The molecule has 2 aromatic carbocycles.